The van der Waals surface area contributed by atoms with E-state index in [4.69, 9.17) is 5.11 Å². The predicted molar refractivity (Wildman–Crippen MR) is 72.7 cm³/mol. The summed E-state index contributed by atoms with van der Waals surface area (Å²) in [5.74, 6) is -1.31. The first-order valence-electron chi connectivity index (χ1n) is 6.34. The maximum atomic E-state index is 11.3. The summed E-state index contributed by atoms with van der Waals surface area (Å²) in [5.41, 5.74) is -0.305. The Bertz CT molecular complexity index is 484. The Balaban J connectivity index is 3.13. The molecule has 1 rings (SSSR count). The standard InChI is InChI=1S/C13H18N2O5/c1-2-6-14(7-8-16)9-10-4-3-5-11(15(19)20)12(10)13(17)18/h3-5,16H,2,6-9H2,1H3,(H,17,18). The van der Waals surface area contributed by atoms with E-state index in [0.717, 1.165) is 6.42 Å². The van der Waals surface area contributed by atoms with E-state index in [1.54, 1.807) is 6.07 Å². The second kappa shape index (κ2) is 7.56. The molecule has 0 radical (unpaired) electrons. The van der Waals surface area contributed by atoms with Crippen molar-refractivity contribution < 1.29 is 19.9 Å². The average molecular weight is 282 g/mol. The van der Waals surface area contributed by atoms with E-state index in [1.807, 2.05) is 11.8 Å². The van der Waals surface area contributed by atoms with Crippen molar-refractivity contribution in [2.45, 2.75) is 19.9 Å². The molecular formula is C13H18N2O5. The zero-order valence-corrected chi connectivity index (χ0v) is 11.3. The third kappa shape index (κ3) is 4.01. The number of nitro groups is 1. The normalized spacial score (nSPS) is 10.8. The molecule has 0 aliphatic heterocycles. The molecule has 0 saturated carbocycles. The van der Waals surface area contributed by atoms with Crippen LogP contribution in [0, 0.1) is 10.1 Å². The molecule has 0 spiro atoms. The molecule has 110 valence electrons. The molecule has 1 aromatic carbocycles. The van der Waals surface area contributed by atoms with Gasteiger partial charge in [0.05, 0.1) is 11.5 Å². The zero-order chi connectivity index (χ0) is 15.1. The van der Waals surface area contributed by atoms with Crippen molar-refractivity contribution in [3.63, 3.8) is 0 Å². The molecule has 0 bridgehead atoms. The van der Waals surface area contributed by atoms with Crippen LogP contribution in [0.5, 0.6) is 0 Å². The number of aromatic carboxylic acids is 1. The Hall–Kier alpha value is -1.99. The van der Waals surface area contributed by atoms with Gasteiger partial charge in [-0.3, -0.25) is 15.0 Å². The Kier molecular flexibility index (Phi) is 6.08. The van der Waals surface area contributed by atoms with Crippen LogP contribution in [0.1, 0.15) is 29.3 Å². The number of carboxylic acids is 1. The minimum Gasteiger partial charge on any atom is -0.477 e. The van der Waals surface area contributed by atoms with Crippen LogP contribution in [-0.4, -0.2) is 45.7 Å². The molecule has 0 unspecified atom stereocenters. The first kappa shape index (κ1) is 16.1. The predicted octanol–water partition coefficient (Wildman–Crippen LogP) is 1.50. The van der Waals surface area contributed by atoms with Crippen LogP contribution in [0.4, 0.5) is 5.69 Å². The van der Waals surface area contributed by atoms with Crippen molar-refractivity contribution in [3.8, 4) is 0 Å². The lowest BCUT2D eigenvalue weighted by molar-refractivity contribution is -0.385. The summed E-state index contributed by atoms with van der Waals surface area (Å²) in [4.78, 5) is 23.4. The topological polar surface area (TPSA) is 104 Å². The third-order valence-corrected chi connectivity index (χ3v) is 2.89. The highest BCUT2D eigenvalue weighted by Gasteiger charge is 2.24. The number of rotatable bonds is 8. The van der Waals surface area contributed by atoms with E-state index in [-0.39, 0.29) is 18.7 Å². The molecule has 1 aromatic rings. The van der Waals surface area contributed by atoms with Crippen molar-refractivity contribution in [2.24, 2.45) is 0 Å². The highest BCUT2D eigenvalue weighted by atomic mass is 16.6. The lowest BCUT2D eigenvalue weighted by Crippen LogP contribution is -2.28. The Labute approximate surface area is 116 Å². The van der Waals surface area contributed by atoms with E-state index in [1.165, 1.54) is 12.1 Å². The maximum Gasteiger partial charge on any atom is 0.343 e. The Morgan fingerprint density at radius 1 is 1.40 bits per heavy atom. The summed E-state index contributed by atoms with van der Waals surface area (Å²) >= 11 is 0. The summed E-state index contributed by atoms with van der Waals surface area (Å²) in [6.07, 6.45) is 0.845. The molecule has 0 fully saturated rings. The molecule has 2 N–H and O–H groups in total. The van der Waals surface area contributed by atoms with Crippen molar-refractivity contribution in [1.82, 2.24) is 4.90 Å². The van der Waals surface area contributed by atoms with Crippen molar-refractivity contribution in [1.29, 1.82) is 0 Å². The number of nitrogens with zero attached hydrogens (tertiary/aromatic N) is 2. The van der Waals surface area contributed by atoms with Gasteiger partial charge < -0.3 is 10.2 Å². The molecule has 7 nitrogen and oxygen atoms in total. The smallest absolute Gasteiger partial charge is 0.343 e. The van der Waals surface area contributed by atoms with Gasteiger partial charge in [0, 0.05) is 19.2 Å². The molecule has 0 amide bonds. The van der Waals surface area contributed by atoms with Gasteiger partial charge in [-0.1, -0.05) is 19.1 Å². The molecule has 0 aliphatic carbocycles. The summed E-state index contributed by atoms with van der Waals surface area (Å²) in [7, 11) is 0. The molecule has 7 heteroatoms. The number of carboxylic acid groups (broad SMARTS) is 1. The second-order valence-corrected chi connectivity index (χ2v) is 4.37. The van der Waals surface area contributed by atoms with Gasteiger partial charge in [0.15, 0.2) is 0 Å². The molecule has 0 aromatic heterocycles. The van der Waals surface area contributed by atoms with Gasteiger partial charge in [0.1, 0.15) is 5.56 Å². The largest absolute Gasteiger partial charge is 0.477 e. The van der Waals surface area contributed by atoms with Gasteiger partial charge in [-0.25, -0.2) is 4.79 Å². The monoisotopic (exact) mass is 282 g/mol. The number of benzene rings is 1. The number of nitro benzene ring substituents is 1. The van der Waals surface area contributed by atoms with Crippen LogP contribution in [-0.2, 0) is 6.54 Å². The number of hydrogen-bond acceptors (Lipinski definition) is 5. The molecule has 0 heterocycles. The van der Waals surface area contributed by atoms with Gasteiger partial charge in [0.25, 0.3) is 5.69 Å². The summed E-state index contributed by atoms with van der Waals surface area (Å²) in [6.45, 7) is 3.27. The van der Waals surface area contributed by atoms with Crippen molar-refractivity contribution >= 4 is 11.7 Å². The summed E-state index contributed by atoms with van der Waals surface area (Å²) < 4.78 is 0. The van der Waals surface area contributed by atoms with Crippen LogP contribution < -0.4 is 0 Å². The minimum absolute atomic E-state index is 0.0443. The van der Waals surface area contributed by atoms with Crippen LogP contribution in [0.25, 0.3) is 0 Å². The third-order valence-electron chi connectivity index (χ3n) is 2.89. The SMILES string of the molecule is CCCN(CCO)Cc1cccc([N+](=O)[O-])c1C(=O)O. The lowest BCUT2D eigenvalue weighted by Gasteiger charge is -2.21. The van der Waals surface area contributed by atoms with Gasteiger partial charge in [0.2, 0.25) is 0 Å². The first-order chi connectivity index (χ1) is 9.51. The van der Waals surface area contributed by atoms with E-state index in [0.29, 0.717) is 18.7 Å². The number of aliphatic hydroxyl groups excluding tert-OH is 1. The first-order valence-corrected chi connectivity index (χ1v) is 6.34. The van der Waals surface area contributed by atoms with Crippen molar-refractivity contribution in [2.75, 3.05) is 19.7 Å². The number of hydrogen-bond donors (Lipinski definition) is 2. The second-order valence-electron chi connectivity index (χ2n) is 4.37. The average Bonchev–Trinajstić information content (AvgIpc) is 2.38. The highest BCUT2D eigenvalue weighted by Crippen LogP contribution is 2.23. The molecule has 20 heavy (non-hydrogen) atoms. The molecular weight excluding hydrogens is 264 g/mol. The number of carbonyl (C=O) groups is 1. The number of aliphatic hydroxyl groups is 1. The van der Waals surface area contributed by atoms with E-state index in [2.05, 4.69) is 0 Å². The van der Waals surface area contributed by atoms with E-state index >= 15 is 0 Å². The van der Waals surface area contributed by atoms with Gasteiger partial charge in [-0.15, -0.1) is 0 Å². The van der Waals surface area contributed by atoms with Crippen LogP contribution >= 0.6 is 0 Å². The molecule has 0 aliphatic rings. The van der Waals surface area contributed by atoms with Crippen molar-refractivity contribution in [3.05, 3.63) is 39.4 Å². The molecule has 0 atom stereocenters. The maximum absolute atomic E-state index is 11.3. The van der Waals surface area contributed by atoms with Crippen LogP contribution in [0.3, 0.4) is 0 Å². The summed E-state index contributed by atoms with van der Waals surface area (Å²) in [5, 5.41) is 29.1. The quantitative estimate of drug-likeness (QED) is 0.553. The van der Waals surface area contributed by atoms with Crippen LogP contribution in [0.15, 0.2) is 18.2 Å². The fourth-order valence-electron chi connectivity index (χ4n) is 2.09. The van der Waals surface area contributed by atoms with E-state index < -0.39 is 16.6 Å². The Morgan fingerprint density at radius 2 is 2.10 bits per heavy atom. The van der Waals surface area contributed by atoms with Gasteiger partial charge in [-0.05, 0) is 18.5 Å². The fourth-order valence-corrected chi connectivity index (χ4v) is 2.09. The fraction of sp³-hybridized carbons (Fsp3) is 0.462. The zero-order valence-electron chi connectivity index (χ0n) is 11.3. The lowest BCUT2D eigenvalue weighted by atomic mass is 10.0. The minimum atomic E-state index is -1.31. The van der Waals surface area contributed by atoms with Gasteiger partial charge >= 0.3 is 5.97 Å². The highest BCUT2D eigenvalue weighted by molar-refractivity contribution is 5.94. The summed E-state index contributed by atoms with van der Waals surface area (Å²) in [6, 6.07) is 4.22. The Morgan fingerprint density at radius 3 is 2.60 bits per heavy atom. The van der Waals surface area contributed by atoms with E-state index in [9.17, 15) is 20.0 Å². The molecule has 0 saturated heterocycles. The van der Waals surface area contributed by atoms with Crippen LogP contribution in [0.2, 0.25) is 0 Å². The van der Waals surface area contributed by atoms with Gasteiger partial charge in [-0.2, -0.15) is 0 Å².